The fraction of sp³-hybridized carbons (Fsp3) is 1.00. The summed E-state index contributed by atoms with van der Waals surface area (Å²) in [5.74, 6) is 0. The lowest BCUT2D eigenvalue weighted by Crippen LogP contribution is -2.61. The van der Waals surface area contributed by atoms with Crippen LogP contribution in [0, 0.1) is 0 Å². The Labute approximate surface area is 335 Å². The third kappa shape index (κ3) is 25.6. The molecule has 0 atom stereocenters. The average Bonchev–Trinajstić information content (AvgIpc) is 2.93. The van der Waals surface area contributed by atoms with E-state index >= 15 is 0 Å². The van der Waals surface area contributed by atoms with Gasteiger partial charge in [-0.3, -0.25) is 0 Å². The molecule has 316 valence electrons. The Morgan fingerprint density at radius 2 is 0.615 bits per heavy atom. The molecule has 0 unspecified atom stereocenters. The van der Waals surface area contributed by atoms with Crippen molar-refractivity contribution in [1.82, 2.24) is 13.1 Å². The van der Waals surface area contributed by atoms with Crippen molar-refractivity contribution in [3.05, 3.63) is 0 Å². The second-order valence-corrected chi connectivity index (χ2v) is 56.8. The Morgan fingerprint density at radius 3 is 0.769 bits per heavy atom. The maximum atomic E-state index is 7.34. The Balaban J connectivity index is 0. The van der Waals surface area contributed by atoms with E-state index in [4.69, 9.17) is 21.8 Å². The molecule has 0 rings (SSSR count). The fourth-order valence-electron chi connectivity index (χ4n) is 7.25. The minimum absolute atomic E-state index is 0.646. The average molecular weight is 875 g/mol. The molecular weight excluding hydrogens is 779 g/mol. The van der Waals surface area contributed by atoms with Crippen molar-refractivity contribution in [3.63, 3.8) is 0 Å². The van der Waals surface area contributed by atoms with Crippen LogP contribution in [0.15, 0.2) is 0 Å². The Hall–Kier alpha value is 1.42. The van der Waals surface area contributed by atoms with Crippen LogP contribution in [-0.2, 0) is 21.8 Å². The zero-order valence-corrected chi connectivity index (χ0v) is 47.3. The molecule has 0 aliphatic rings. The van der Waals surface area contributed by atoms with Gasteiger partial charge in [0.2, 0.25) is 0 Å². The van der Waals surface area contributed by atoms with Crippen molar-refractivity contribution in [2.75, 3.05) is 39.5 Å². The van der Waals surface area contributed by atoms with Crippen LogP contribution in [-0.4, -0.2) is 115 Å². The first-order valence-corrected chi connectivity index (χ1v) is 45.6. The standard InChI is InChI=1S/C30H76N2O5Si6.C6H19NSi2/c1-17-25-33-42(34-26-18-2,29-21-23-31(38(5,6)7)39(8,9)10)37-43(35-27-19-3,36-28-20-4)30-22-24-32(40(11,12)13)41(14,15)16;1-8(2,3)7-9(4,5)6/h17-30H2,1-16H3;7H,1-6H3. The summed E-state index contributed by atoms with van der Waals surface area (Å²) >= 11 is 0. The summed E-state index contributed by atoms with van der Waals surface area (Å²) < 4.78 is 43.9. The number of rotatable bonds is 28. The molecule has 0 aromatic heterocycles. The van der Waals surface area contributed by atoms with Gasteiger partial charge < -0.3 is 34.9 Å². The predicted molar refractivity (Wildman–Crippen MR) is 253 cm³/mol. The second kappa shape index (κ2) is 24.4. The van der Waals surface area contributed by atoms with Crippen LogP contribution in [0.2, 0.25) is 130 Å². The number of hydrogen-bond acceptors (Lipinski definition) is 8. The third-order valence-corrected chi connectivity index (χ3v) is 36.6. The Morgan fingerprint density at radius 1 is 0.385 bits per heavy atom. The molecular formula is C36H95N3O5Si8. The molecule has 0 aromatic carbocycles. The van der Waals surface area contributed by atoms with Crippen molar-refractivity contribution < 1.29 is 21.8 Å². The highest BCUT2D eigenvalue weighted by molar-refractivity contribution is 6.91. The maximum Gasteiger partial charge on any atom is 0.493 e. The van der Waals surface area contributed by atoms with Crippen molar-refractivity contribution in [3.8, 4) is 0 Å². The molecule has 0 aliphatic carbocycles. The van der Waals surface area contributed by atoms with Crippen molar-refractivity contribution in [1.29, 1.82) is 0 Å². The lowest BCUT2D eigenvalue weighted by Gasteiger charge is -2.45. The van der Waals surface area contributed by atoms with Gasteiger partial charge in [-0.2, -0.15) is 0 Å². The Bertz CT molecular complexity index is 812. The molecule has 0 fully saturated rings. The third-order valence-electron chi connectivity index (χ3n) is 8.13. The summed E-state index contributed by atoms with van der Waals surface area (Å²) in [7, 11) is -14.0. The zero-order chi connectivity index (χ0) is 41.3. The van der Waals surface area contributed by atoms with Gasteiger partial charge in [0.05, 0.1) is 0 Å². The summed E-state index contributed by atoms with van der Waals surface area (Å²) in [5, 5.41) is 0. The SMILES string of the molecule is CCCO[Si](CCCN([Si](C)(C)C)[Si](C)(C)C)(OCCC)O[Si](CCCN([Si](C)(C)C)[Si](C)(C)C)(OCCC)OCCC.C[Si](C)(C)N[Si](C)(C)C. The number of nitrogens with one attached hydrogen (secondary N) is 1. The highest BCUT2D eigenvalue weighted by atomic mass is 28.5. The van der Waals surface area contributed by atoms with Crippen LogP contribution >= 0.6 is 0 Å². The normalized spacial score (nSPS) is 14.3. The van der Waals surface area contributed by atoms with Gasteiger partial charge in [-0.05, 0) is 51.6 Å². The molecule has 0 radical (unpaired) electrons. The lowest BCUT2D eigenvalue weighted by molar-refractivity contribution is 0.0397. The quantitative estimate of drug-likeness (QED) is 0.0780. The summed E-state index contributed by atoms with van der Waals surface area (Å²) in [6.07, 6.45) is 5.77. The van der Waals surface area contributed by atoms with E-state index in [9.17, 15) is 0 Å². The lowest BCUT2D eigenvalue weighted by atomic mass is 10.5. The predicted octanol–water partition coefficient (Wildman–Crippen LogP) is 11.6. The smallest absolute Gasteiger partial charge is 0.374 e. The first-order valence-electron chi connectivity index (χ1n) is 20.9. The van der Waals surface area contributed by atoms with Gasteiger partial charge >= 0.3 is 17.6 Å². The molecule has 8 nitrogen and oxygen atoms in total. The van der Waals surface area contributed by atoms with Crippen LogP contribution in [0.25, 0.3) is 0 Å². The van der Waals surface area contributed by atoms with E-state index in [1.165, 1.54) is 0 Å². The fourth-order valence-corrected chi connectivity index (χ4v) is 43.3. The molecule has 0 aliphatic heterocycles. The summed E-state index contributed by atoms with van der Waals surface area (Å²) in [6, 6.07) is 1.63. The molecule has 0 spiro atoms. The van der Waals surface area contributed by atoms with E-state index in [2.05, 4.69) is 159 Å². The van der Waals surface area contributed by atoms with Gasteiger partial charge in [0.15, 0.2) is 0 Å². The number of hydrogen-bond donors (Lipinski definition) is 1. The van der Waals surface area contributed by atoms with Crippen LogP contribution < -0.4 is 4.65 Å². The molecule has 52 heavy (non-hydrogen) atoms. The van der Waals surface area contributed by atoms with Crippen LogP contribution in [0.1, 0.15) is 66.2 Å². The van der Waals surface area contributed by atoms with E-state index in [-0.39, 0.29) is 0 Å². The van der Waals surface area contributed by atoms with Gasteiger partial charge in [0.1, 0.15) is 49.4 Å². The minimum Gasteiger partial charge on any atom is -0.374 e. The topological polar surface area (TPSA) is 64.7 Å². The molecule has 16 heteroatoms. The van der Waals surface area contributed by atoms with Gasteiger partial charge in [0.25, 0.3) is 0 Å². The van der Waals surface area contributed by atoms with Crippen molar-refractivity contribution >= 4 is 67.0 Å². The highest BCUT2D eigenvalue weighted by Crippen LogP contribution is 2.31. The molecule has 0 saturated heterocycles. The summed E-state index contributed by atoms with van der Waals surface area (Å²) in [5.41, 5.74) is 0. The maximum absolute atomic E-state index is 7.34. The van der Waals surface area contributed by atoms with Gasteiger partial charge in [-0.15, -0.1) is 0 Å². The van der Waals surface area contributed by atoms with Gasteiger partial charge in [0, 0.05) is 38.5 Å². The van der Waals surface area contributed by atoms with E-state index in [1.807, 2.05) is 0 Å². The van der Waals surface area contributed by atoms with E-state index in [0.29, 0.717) is 26.4 Å². The molecule has 0 amide bonds. The molecule has 0 heterocycles. The van der Waals surface area contributed by atoms with Crippen molar-refractivity contribution in [2.24, 2.45) is 0 Å². The molecule has 0 bridgehead atoms. The number of nitrogens with zero attached hydrogens (tertiary/aromatic N) is 2. The minimum atomic E-state index is -3.09. The molecule has 0 aromatic rings. The van der Waals surface area contributed by atoms with Gasteiger partial charge in [-0.1, -0.05) is 146 Å². The van der Waals surface area contributed by atoms with Crippen molar-refractivity contribution in [2.45, 2.75) is 196 Å². The summed E-state index contributed by atoms with van der Waals surface area (Å²) in [6.45, 7) is 57.3. The first kappa shape index (κ1) is 55.5. The Kier molecular flexibility index (Phi) is 26.0. The van der Waals surface area contributed by atoms with Crippen LogP contribution in [0.4, 0.5) is 0 Å². The summed E-state index contributed by atoms with van der Waals surface area (Å²) in [4.78, 5) is 0. The molecule has 1 N–H and O–H groups in total. The first-order chi connectivity index (χ1) is 23.3. The zero-order valence-electron chi connectivity index (χ0n) is 39.3. The molecule has 0 saturated carbocycles. The van der Waals surface area contributed by atoms with Gasteiger partial charge in [-0.25, -0.2) is 0 Å². The largest absolute Gasteiger partial charge is 0.493 e. The van der Waals surface area contributed by atoms with E-state index in [1.54, 1.807) is 0 Å². The highest BCUT2D eigenvalue weighted by Gasteiger charge is 2.54. The van der Waals surface area contributed by atoms with Crippen LogP contribution in [0.5, 0.6) is 0 Å². The van der Waals surface area contributed by atoms with E-state index in [0.717, 1.165) is 63.7 Å². The second-order valence-electron chi connectivity index (χ2n) is 20.7. The van der Waals surface area contributed by atoms with E-state index < -0.39 is 67.0 Å². The van der Waals surface area contributed by atoms with Crippen LogP contribution in [0.3, 0.4) is 0 Å². The monoisotopic (exact) mass is 874 g/mol.